The van der Waals surface area contributed by atoms with Gasteiger partial charge >= 0.3 is 0 Å². The Balaban J connectivity index is 1.39. The number of rotatable bonds is 3. The number of hydrogen-bond acceptors (Lipinski definition) is 4. The largest absolute Gasteiger partial charge is 0.456 e. The van der Waals surface area contributed by atoms with Gasteiger partial charge in [-0.25, -0.2) is 0 Å². The van der Waals surface area contributed by atoms with E-state index in [9.17, 15) is 10.5 Å². The second kappa shape index (κ2) is 9.46. The lowest BCUT2D eigenvalue weighted by molar-refractivity contribution is 0.669. The minimum Gasteiger partial charge on any atom is -0.456 e. The first-order valence-electron chi connectivity index (χ1n) is 13.6. The van der Waals surface area contributed by atoms with Gasteiger partial charge in [0.2, 0.25) is 0 Å². The molecule has 0 N–H and O–H groups in total. The van der Waals surface area contributed by atoms with E-state index in [0.29, 0.717) is 11.1 Å². The molecule has 2 heterocycles. The van der Waals surface area contributed by atoms with E-state index in [1.807, 2.05) is 42.5 Å². The van der Waals surface area contributed by atoms with Crippen LogP contribution in [0.5, 0.6) is 0 Å². The summed E-state index contributed by atoms with van der Waals surface area (Å²) in [6, 6.07) is 45.6. The molecule has 0 aliphatic carbocycles. The molecule has 8 aromatic rings. The van der Waals surface area contributed by atoms with Crippen LogP contribution in [0.15, 0.2) is 126 Å². The molecule has 0 fully saturated rings. The SMILES string of the molecule is N#Cc1cccc(-c2cc(-c3ccc4c(c3)oc3ccccc34)c(C#N)c(-c3ccc4c(c3)sc3ccccc34)c2)c1. The first-order valence-corrected chi connectivity index (χ1v) is 14.4. The van der Waals surface area contributed by atoms with Gasteiger partial charge in [-0.15, -0.1) is 11.3 Å². The predicted molar refractivity (Wildman–Crippen MR) is 172 cm³/mol. The Hall–Kier alpha value is -5.68. The van der Waals surface area contributed by atoms with Gasteiger partial charge in [-0.1, -0.05) is 66.7 Å². The number of para-hydroxylation sites is 1. The Morgan fingerprint density at radius 3 is 1.98 bits per heavy atom. The molecule has 6 aromatic carbocycles. The molecule has 194 valence electrons. The molecule has 0 bridgehead atoms. The van der Waals surface area contributed by atoms with Crippen molar-refractivity contribution in [2.75, 3.05) is 0 Å². The molecule has 0 saturated carbocycles. The zero-order chi connectivity index (χ0) is 28.2. The zero-order valence-corrected chi connectivity index (χ0v) is 23.1. The van der Waals surface area contributed by atoms with E-state index in [2.05, 4.69) is 84.9 Å². The summed E-state index contributed by atoms with van der Waals surface area (Å²) >= 11 is 1.76. The van der Waals surface area contributed by atoms with Crippen LogP contribution in [0.2, 0.25) is 0 Å². The van der Waals surface area contributed by atoms with Gasteiger partial charge in [-0.05, 0) is 76.9 Å². The fourth-order valence-corrected chi connectivity index (χ4v) is 7.09. The third-order valence-electron chi connectivity index (χ3n) is 7.95. The van der Waals surface area contributed by atoms with E-state index < -0.39 is 0 Å². The minimum atomic E-state index is 0.593. The average Bonchev–Trinajstić information content (AvgIpc) is 3.61. The molecule has 0 aliphatic rings. The summed E-state index contributed by atoms with van der Waals surface area (Å²) in [6.07, 6.45) is 0. The van der Waals surface area contributed by atoms with Gasteiger partial charge in [0.05, 0.1) is 17.2 Å². The molecule has 42 heavy (non-hydrogen) atoms. The number of benzene rings is 6. The van der Waals surface area contributed by atoms with Crippen LogP contribution in [0.4, 0.5) is 0 Å². The molecule has 0 atom stereocenters. The van der Waals surface area contributed by atoms with Crippen molar-refractivity contribution in [3.8, 4) is 45.5 Å². The fourth-order valence-electron chi connectivity index (χ4n) is 5.94. The van der Waals surface area contributed by atoms with E-state index in [4.69, 9.17) is 4.42 Å². The standard InChI is InChI=1S/C38H20N2OS/c39-21-23-6-5-7-24(16-23)27-17-32(25-12-14-29-28-8-1-3-10-35(28)41-36(29)19-25)34(22-40)33(18-27)26-13-15-31-30-9-2-4-11-37(30)42-38(31)20-26/h1-20H. The van der Waals surface area contributed by atoms with Crippen molar-refractivity contribution < 1.29 is 4.42 Å². The van der Waals surface area contributed by atoms with E-state index in [-0.39, 0.29) is 0 Å². The Kier molecular flexibility index (Phi) is 5.44. The maximum atomic E-state index is 10.6. The van der Waals surface area contributed by atoms with Crippen LogP contribution in [0.25, 0.3) is 75.5 Å². The van der Waals surface area contributed by atoms with Crippen molar-refractivity contribution >= 4 is 53.4 Å². The number of nitrogens with zero attached hydrogens (tertiary/aromatic N) is 2. The van der Waals surface area contributed by atoms with Crippen LogP contribution < -0.4 is 0 Å². The van der Waals surface area contributed by atoms with Crippen molar-refractivity contribution in [1.82, 2.24) is 0 Å². The van der Waals surface area contributed by atoms with Gasteiger partial charge in [-0.3, -0.25) is 0 Å². The maximum absolute atomic E-state index is 10.6. The van der Waals surface area contributed by atoms with Gasteiger partial charge in [-0.2, -0.15) is 10.5 Å². The van der Waals surface area contributed by atoms with Gasteiger partial charge < -0.3 is 4.42 Å². The first kappa shape index (κ1) is 24.1. The molecular weight excluding hydrogens is 532 g/mol. The lowest BCUT2D eigenvalue weighted by Gasteiger charge is -2.15. The second-order valence-electron chi connectivity index (χ2n) is 10.4. The van der Waals surface area contributed by atoms with E-state index in [0.717, 1.165) is 55.3 Å². The Morgan fingerprint density at radius 1 is 0.476 bits per heavy atom. The summed E-state index contributed by atoms with van der Waals surface area (Å²) in [5, 5.41) is 24.7. The van der Waals surface area contributed by atoms with Gasteiger partial charge in [0.25, 0.3) is 0 Å². The molecule has 0 radical (unpaired) electrons. The van der Waals surface area contributed by atoms with Gasteiger partial charge in [0, 0.05) is 42.1 Å². The van der Waals surface area contributed by atoms with Gasteiger partial charge in [0.1, 0.15) is 17.2 Å². The highest BCUT2D eigenvalue weighted by Crippen LogP contribution is 2.42. The molecule has 0 spiro atoms. The third kappa shape index (κ3) is 3.79. The minimum absolute atomic E-state index is 0.593. The topological polar surface area (TPSA) is 60.7 Å². The lowest BCUT2D eigenvalue weighted by atomic mass is 9.87. The average molecular weight is 553 g/mol. The second-order valence-corrected chi connectivity index (χ2v) is 11.5. The van der Waals surface area contributed by atoms with Crippen LogP contribution in [-0.4, -0.2) is 0 Å². The third-order valence-corrected chi connectivity index (χ3v) is 9.09. The molecule has 8 rings (SSSR count). The summed E-state index contributed by atoms with van der Waals surface area (Å²) in [5.41, 5.74) is 8.25. The van der Waals surface area contributed by atoms with Crippen LogP contribution in [0.3, 0.4) is 0 Å². The summed E-state index contributed by atoms with van der Waals surface area (Å²) in [5.74, 6) is 0. The van der Waals surface area contributed by atoms with Crippen molar-refractivity contribution in [1.29, 1.82) is 10.5 Å². The molecular formula is C38H20N2OS. The maximum Gasteiger partial charge on any atom is 0.136 e. The van der Waals surface area contributed by atoms with Crippen molar-refractivity contribution in [3.05, 3.63) is 132 Å². The first-order chi connectivity index (χ1) is 20.7. The van der Waals surface area contributed by atoms with Crippen LogP contribution in [0, 0.1) is 22.7 Å². The number of furan rings is 1. The number of nitriles is 2. The smallest absolute Gasteiger partial charge is 0.136 e. The normalized spacial score (nSPS) is 11.3. The predicted octanol–water partition coefficient (Wildman–Crippen LogP) is 10.7. The van der Waals surface area contributed by atoms with Gasteiger partial charge in [0.15, 0.2) is 0 Å². The monoisotopic (exact) mass is 552 g/mol. The Bertz CT molecular complexity index is 2310. The molecule has 0 saturated heterocycles. The van der Waals surface area contributed by atoms with Crippen molar-refractivity contribution in [3.63, 3.8) is 0 Å². The highest BCUT2D eigenvalue weighted by Gasteiger charge is 2.18. The number of thiophene rings is 1. The van der Waals surface area contributed by atoms with Crippen molar-refractivity contribution in [2.45, 2.75) is 0 Å². The summed E-state index contributed by atoms with van der Waals surface area (Å²) in [4.78, 5) is 0. The van der Waals surface area contributed by atoms with Crippen LogP contribution in [0.1, 0.15) is 11.1 Å². The lowest BCUT2D eigenvalue weighted by Crippen LogP contribution is -1.93. The van der Waals surface area contributed by atoms with E-state index in [1.165, 1.54) is 20.2 Å². The molecule has 3 nitrogen and oxygen atoms in total. The fraction of sp³-hybridized carbons (Fsp3) is 0. The number of fused-ring (bicyclic) bond motifs is 6. The molecule has 0 unspecified atom stereocenters. The van der Waals surface area contributed by atoms with Crippen molar-refractivity contribution in [2.24, 2.45) is 0 Å². The quantitative estimate of drug-likeness (QED) is 0.219. The molecule has 4 heteroatoms. The Labute approximate surface area is 245 Å². The van der Waals surface area contributed by atoms with Crippen LogP contribution in [-0.2, 0) is 0 Å². The highest BCUT2D eigenvalue weighted by atomic mass is 32.1. The Morgan fingerprint density at radius 2 is 1.17 bits per heavy atom. The van der Waals surface area contributed by atoms with E-state index in [1.54, 1.807) is 17.4 Å². The molecule has 2 aromatic heterocycles. The highest BCUT2D eigenvalue weighted by molar-refractivity contribution is 7.25. The summed E-state index contributed by atoms with van der Waals surface area (Å²) in [6.45, 7) is 0. The zero-order valence-electron chi connectivity index (χ0n) is 22.3. The number of hydrogen-bond donors (Lipinski definition) is 0. The van der Waals surface area contributed by atoms with E-state index >= 15 is 0 Å². The molecule has 0 aliphatic heterocycles. The molecule has 0 amide bonds. The van der Waals surface area contributed by atoms with Crippen LogP contribution >= 0.6 is 11.3 Å². The summed E-state index contributed by atoms with van der Waals surface area (Å²) < 4.78 is 8.63. The summed E-state index contributed by atoms with van der Waals surface area (Å²) in [7, 11) is 0.